The van der Waals surface area contributed by atoms with Crippen molar-refractivity contribution in [2.45, 2.75) is 64.1 Å². The van der Waals surface area contributed by atoms with Gasteiger partial charge in [-0.1, -0.05) is 61.5 Å². The van der Waals surface area contributed by atoms with Gasteiger partial charge in [0, 0.05) is 22.6 Å². The van der Waals surface area contributed by atoms with E-state index in [1.807, 2.05) is 0 Å². The van der Waals surface area contributed by atoms with E-state index in [2.05, 4.69) is 5.32 Å². The predicted molar refractivity (Wildman–Crippen MR) is 145 cm³/mol. The molecule has 1 aliphatic rings. The maximum atomic E-state index is 13.7. The van der Waals surface area contributed by atoms with E-state index in [0.29, 0.717) is 12.0 Å². The van der Waals surface area contributed by atoms with Crippen molar-refractivity contribution in [3.8, 4) is 0 Å². The molecule has 0 aromatic heterocycles. The first-order chi connectivity index (χ1) is 17.5. The second-order valence-electron chi connectivity index (χ2n) is 9.31. The summed E-state index contributed by atoms with van der Waals surface area (Å²) < 4.78 is 39.8. The first kappa shape index (κ1) is 29.2. The summed E-state index contributed by atoms with van der Waals surface area (Å²) in [5.74, 6) is -1.30. The van der Waals surface area contributed by atoms with Gasteiger partial charge in [-0.05, 0) is 55.2 Å². The van der Waals surface area contributed by atoms with Crippen molar-refractivity contribution in [1.29, 1.82) is 0 Å². The molecule has 7 nitrogen and oxygen atoms in total. The number of anilines is 1. The summed E-state index contributed by atoms with van der Waals surface area (Å²) >= 11 is 12.2. The molecular formula is C26H32Cl2FN3O4S. The van der Waals surface area contributed by atoms with E-state index in [9.17, 15) is 22.4 Å². The quantitative estimate of drug-likeness (QED) is 0.427. The highest BCUT2D eigenvalue weighted by atomic mass is 35.5. The molecule has 1 fully saturated rings. The molecule has 0 bridgehead atoms. The van der Waals surface area contributed by atoms with Crippen LogP contribution in [0.1, 0.15) is 51.0 Å². The van der Waals surface area contributed by atoms with Crippen LogP contribution in [-0.4, -0.2) is 50.0 Å². The summed E-state index contributed by atoms with van der Waals surface area (Å²) in [5, 5.41) is 3.50. The SMILES string of the molecule is CC[C@@H](C(=O)NC1CCCCC1)N(Cc1ccc(F)cc1)C(=O)CN(c1cc(Cl)cc(Cl)c1)S(C)(=O)=O. The average molecular weight is 573 g/mol. The third-order valence-corrected chi connectivity index (χ3v) is 8.00. The number of nitrogens with zero attached hydrogens (tertiary/aromatic N) is 2. The maximum Gasteiger partial charge on any atom is 0.244 e. The number of amides is 2. The lowest BCUT2D eigenvalue weighted by molar-refractivity contribution is -0.140. The van der Waals surface area contributed by atoms with Crippen LogP contribution in [0, 0.1) is 5.82 Å². The highest BCUT2D eigenvalue weighted by Crippen LogP contribution is 2.27. The van der Waals surface area contributed by atoms with E-state index in [-0.39, 0.29) is 34.2 Å². The Kier molecular flexibility index (Phi) is 10.2. The van der Waals surface area contributed by atoms with Gasteiger partial charge in [-0.3, -0.25) is 13.9 Å². The van der Waals surface area contributed by atoms with Crippen LogP contribution in [0.5, 0.6) is 0 Å². The number of carbonyl (C=O) groups excluding carboxylic acids is 2. The van der Waals surface area contributed by atoms with Crippen molar-refractivity contribution in [2.75, 3.05) is 17.1 Å². The zero-order chi connectivity index (χ0) is 27.2. The minimum Gasteiger partial charge on any atom is -0.352 e. The van der Waals surface area contributed by atoms with Crippen LogP contribution >= 0.6 is 23.2 Å². The first-order valence-electron chi connectivity index (χ1n) is 12.3. The lowest BCUT2D eigenvalue weighted by atomic mass is 9.95. The Morgan fingerprint density at radius 2 is 1.65 bits per heavy atom. The van der Waals surface area contributed by atoms with E-state index in [0.717, 1.165) is 42.7 Å². The minimum atomic E-state index is -3.92. The van der Waals surface area contributed by atoms with Crippen molar-refractivity contribution in [2.24, 2.45) is 0 Å². The molecule has 0 spiro atoms. The summed E-state index contributed by atoms with van der Waals surface area (Å²) in [6.07, 6.45) is 6.25. The van der Waals surface area contributed by atoms with Gasteiger partial charge in [-0.25, -0.2) is 12.8 Å². The molecule has 0 heterocycles. The minimum absolute atomic E-state index is 0.00358. The molecule has 1 saturated carbocycles. The second kappa shape index (κ2) is 12.9. The van der Waals surface area contributed by atoms with Gasteiger partial charge in [0.2, 0.25) is 21.8 Å². The van der Waals surface area contributed by atoms with E-state index in [1.165, 1.54) is 47.4 Å². The van der Waals surface area contributed by atoms with Crippen molar-refractivity contribution >= 4 is 50.7 Å². The molecule has 1 atom stereocenters. The highest BCUT2D eigenvalue weighted by molar-refractivity contribution is 7.92. The number of benzene rings is 2. The summed E-state index contributed by atoms with van der Waals surface area (Å²) in [7, 11) is -3.92. The van der Waals surface area contributed by atoms with Gasteiger partial charge in [-0.2, -0.15) is 0 Å². The van der Waals surface area contributed by atoms with Crippen molar-refractivity contribution in [3.05, 3.63) is 63.9 Å². The highest BCUT2D eigenvalue weighted by Gasteiger charge is 2.33. The van der Waals surface area contributed by atoms with Gasteiger partial charge in [0.1, 0.15) is 18.4 Å². The van der Waals surface area contributed by atoms with Crippen LogP contribution in [0.3, 0.4) is 0 Å². The van der Waals surface area contributed by atoms with Crippen LogP contribution in [0.25, 0.3) is 0 Å². The van der Waals surface area contributed by atoms with Crippen molar-refractivity contribution in [1.82, 2.24) is 10.2 Å². The standard InChI is InChI=1S/C26H32Cl2FN3O4S/c1-3-24(26(34)30-22-7-5-4-6-8-22)31(16-18-9-11-21(29)12-10-18)25(33)17-32(37(2,35)36)23-14-19(27)13-20(28)15-23/h9-15,22,24H,3-8,16-17H2,1-2H3,(H,30,34)/t24-/m0/s1. The molecule has 202 valence electrons. The molecule has 1 N–H and O–H groups in total. The number of hydrogen-bond acceptors (Lipinski definition) is 4. The zero-order valence-corrected chi connectivity index (χ0v) is 23.3. The van der Waals surface area contributed by atoms with Crippen LogP contribution in [0.2, 0.25) is 10.0 Å². The topological polar surface area (TPSA) is 86.8 Å². The molecule has 11 heteroatoms. The van der Waals surface area contributed by atoms with Crippen LogP contribution in [-0.2, 0) is 26.2 Å². The summed E-state index contributed by atoms with van der Waals surface area (Å²) in [6, 6.07) is 9.08. The first-order valence-corrected chi connectivity index (χ1v) is 14.9. The van der Waals surface area contributed by atoms with Crippen LogP contribution < -0.4 is 9.62 Å². The third-order valence-electron chi connectivity index (χ3n) is 6.42. The molecule has 2 aromatic carbocycles. The van der Waals surface area contributed by atoms with Crippen molar-refractivity contribution in [3.63, 3.8) is 0 Å². The van der Waals surface area contributed by atoms with E-state index in [1.54, 1.807) is 6.92 Å². The van der Waals surface area contributed by atoms with Crippen molar-refractivity contribution < 1.29 is 22.4 Å². The molecule has 2 aromatic rings. The fourth-order valence-electron chi connectivity index (χ4n) is 4.55. The molecule has 0 unspecified atom stereocenters. The molecule has 0 radical (unpaired) electrons. The normalized spacial score (nSPS) is 15.2. The fraction of sp³-hybridized carbons (Fsp3) is 0.462. The maximum absolute atomic E-state index is 13.7. The molecule has 3 rings (SSSR count). The van der Waals surface area contributed by atoms with E-state index >= 15 is 0 Å². The Morgan fingerprint density at radius 1 is 1.05 bits per heavy atom. The Hall–Kier alpha value is -2.36. The van der Waals surface area contributed by atoms with E-state index < -0.39 is 34.3 Å². The lowest BCUT2D eigenvalue weighted by Gasteiger charge is -2.34. The van der Waals surface area contributed by atoms with Gasteiger partial charge >= 0.3 is 0 Å². The van der Waals surface area contributed by atoms with Gasteiger partial charge in [0.15, 0.2) is 0 Å². The van der Waals surface area contributed by atoms with Gasteiger partial charge < -0.3 is 10.2 Å². The molecule has 1 aliphatic carbocycles. The number of hydrogen-bond donors (Lipinski definition) is 1. The van der Waals surface area contributed by atoms with Crippen LogP contribution in [0.4, 0.5) is 10.1 Å². The zero-order valence-electron chi connectivity index (χ0n) is 20.9. The van der Waals surface area contributed by atoms with Crippen LogP contribution in [0.15, 0.2) is 42.5 Å². The molecule has 37 heavy (non-hydrogen) atoms. The molecule has 0 aliphatic heterocycles. The summed E-state index contributed by atoms with van der Waals surface area (Å²) in [6.45, 7) is 1.23. The largest absolute Gasteiger partial charge is 0.352 e. The van der Waals surface area contributed by atoms with Gasteiger partial charge in [-0.15, -0.1) is 0 Å². The smallest absolute Gasteiger partial charge is 0.244 e. The van der Waals surface area contributed by atoms with Gasteiger partial charge in [0.25, 0.3) is 0 Å². The Labute approximate surface area is 228 Å². The summed E-state index contributed by atoms with van der Waals surface area (Å²) in [5.41, 5.74) is 0.741. The third kappa shape index (κ3) is 8.32. The number of carbonyl (C=O) groups is 2. The predicted octanol–water partition coefficient (Wildman–Crippen LogP) is 5.15. The van der Waals surface area contributed by atoms with Gasteiger partial charge in [0.05, 0.1) is 11.9 Å². The second-order valence-corrected chi connectivity index (χ2v) is 12.1. The van der Waals surface area contributed by atoms with E-state index in [4.69, 9.17) is 23.2 Å². The Balaban J connectivity index is 1.92. The number of nitrogens with one attached hydrogen (secondary N) is 1. The number of rotatable bonds is 10. The molecule has 2 amide bonds. The number of sulfonamides is 1. The Bertz CT molecular complexity index is 1180. The summed E-state index contributed by atoms with van der Waals surface area (Å²) in [4.78, 5) is 28.4. The Morgan fingerprint density at radius 3 is 2.19 bits per heavy atom. The molecular weight excluding hydrogens is 540 g/mol. The fourth-order valence-corrected chi connectivity index (χ4v) is 5.90. The monoisotopic (exact) mass is 571 g/mol. The number of halogens is 3. The average Bonchev–Trinajstić information content (AvgIpc) is 2.82. The molecule has 0 saturated heterocycles. The lowest BCUT2D eigenvalue weighted by Crippen LogP contribution is -2.53.